The first-order valence-electron chi connectivity index (χ1n) is 9.29. The Kier molecular flexibility index (Phi) is 5.03. The van der Waals surface area contributed by atoms with Gasteiger partial charge in [-0.05, 0) is 43.6 Å². The van der Waals surface area contributed by atoms with E-state index in [9.17, 15) is 14.4 Å². The van der Waals surface area contributed by atoms with Crippen LogP contribution in [-0.2, 0) is 9.59 Å². The van der Waals surface area contributed by atoms with Gasteiger partial charge in [-0.3, -0.25) is 14.5 Å². The summed E-state index contributed by atoms with van der Waals surface area (Å²) in [7, 11) is 0. The van der Waals surface area contributed by atoms with Gasteiger partial charge in [0.1, 0.15) is 12.1 Å². The summed E-state index contributed by atoms with van der Waals surface area (Å²) < 4.78 is 0. The molecule has 1 aromatic rings. The second-order valence-electron chi connectivity index (χ2n) is 7.96. The Balaban J connectivity index is 1.67. The Morgan fingerprint density at radius 1 is 1.27 bits per heavy atom. The first-order valence-corrected chi connectivity index (χ1v) is 9.29. The number of hydrogen-bond donors (Lipinski definition) is 2. The van der Waals surface area contributed by atoms with E-state index in [-0.39, 0.29) is 30.3 Å². The summed E-state index contributed by atoms with van der Waals surface area (Å²) >= 11 is 0. The van der Waals surface area contributed by atoms with Crippen molar-refractivity contribution < 1.29 is 14.4 Å². The molecule has 6 nitrogen and oxygen atoms in total. The van der Waals surface area contributed by atoms with E-state index in [1.165, 1.54) is 0 Å². The fraction of sp³-hybridized carbons (Fsp3) is 0.550. The average Bonchev–Trinajstić information content (AvgIpc) is 3.41. The Labute approximate surface area is 154 Å². The van der Waals surface area contributed by atoms with Crippen molar-refractivity contribution in [2.75, 3.05) is 6.54 Å². The molecule has 2 unspecified atom stereocenters. The smallest absolute Gasteiger partial charge is 0.325 e. The van der Waals surface area contributed by atoms with Gasteiger partial charge < -0.3 is 10.6 Å². The highest BCUT2D eigenvalue weighted by Crippen LogP contribution is 2.42. The van der Waals surface area contributed by atoms with Crippen molar-refractivity contribution in [2.45, 2.75) is 51.6 Å². The van der Waals surface area contributed by atoms with E-state index < -0.39 is 11.6 Å². The summed E-state index contributed by atoms with van der Waals surface area (Å²) in [4.78, 5) is 38.5. The molecule has 1 saturated carbocycles. The topological polar surface area (TPSA) is 78.5 Å². The van der Waals surface area contributed by atoms with Gasteiger partial charge >= 0.3 is 6.03 Å². The van der Waals surface area contributed by atoms with E-state index in [4.69, 9.17) is 0 Å². The maximum atomic E-state index is 12.7. The van der Waals surface area contributed by atoms with Crippen LogP contribution in [0.15, 0.2) is 30.3 Å². The van der Waals surface area contributed by atoms with Gasteiger partial charge in [-0.1, -0.05) is 44.2 Å². The lowest BCUT2D eigenvalue weighted by atomic mass is 9.96. The van der Waals surface area contributed by atoms with Crippen LogP contribution in [0.25, 0.3) is 0 Å². The molecular weight excluding hydrogens is 330 g/mol. The summed E-state index contributed by atoms with van der Waals surface area (Å²) in [6.07, 6.45) is 2.66. The monoisotopic (exact) mass is 357 g/mol. The SMILES string of the molecule is CC(C)CC(NC(=O)CN1C(=O)NC(C)(C2CC2)C1=O)c1ccccc1. The van der Waals surface area contributed by atoms with Crippen molar-refractivity contribution >= 4 is 17.8 Å². The summed E-state index contributed by atoms with van der Waals surface area (Å²) in [5.41, 5.74) is 0.170. The third-order valence-corrected chi connectivity index (χ3v) is 5.24. The standard InChI is InChI=1S/C20H27N3O3/c1-13(2)11-16(14-7-5-4-6-8-14)21-17(24)12-23-18(25)20(3,15-9-10-15)22-19(23)26/h4-8,13,15-16H,9-12H2,1-3H3,(H,21,24)(H,22,26). The normalized spacial score (nSPS) is 23.9. The predicted octanol–water partition coefficient (Wildman–Crippen LogP) is 2.61. The van der Waals surface area contributed by atoms with Crippen LogP contribution in [0.2, 0.25) is 0 Å². The third kappa shape index (κ3) is 3.74. The van der Waals surface area contributed by atoms with Crippen LogP contribution in [0, 0.1) is 11.8 Å². The molecule has 1 aromatic carbocycles. The van der Waals surface area contributed by atoms with Crippen molar-refractivity contribution in [1.29, 1.82) is 0 Å². The number of amides is 4. The summed E-state index contributed by atoms with van der Waals surface area (Å²) in [5.74, 6) is -0.0243. The van der Waals surface area contributed by atoms with Gasteiger partial charge in [0.2, 0.25) is 5.91 Å². The van der Waals surface area contributed by atoms with Crippen LogP contribution in [0.5, 0.6) is 0 Å². The molecule has 2 aliphatic rings. The zero-order chi connectivity index (χ0) is 18.9. The van der Waals surface area contributed by atoms with Gasteiger partial charge in [0.05, 0.1) is 6.04 Å². The number of carbonyl (C=O) groups excluding carboxylic acids is 3. The lowest BCUT2D eigenvalue weighted by Crippen LogP contribution is -2.47. The van der Waals surface area contributed by atoms with Crippen molar-refractivity contribution in [3.05, 3.63) is 35.9 Å². The second-order valence-corrected chi connectivity index (χ2v) is 7.96. The molecule has 6 heteroatoms. The minimum absolute atomic E-state index is 0.140. The van der Waals surface area contributed by atoms with Crippen LogP contribution in [0.3, 0.4) is 0 Å². The minimum Gasteiger partial charge on any atom is -0.348 e. The zero-order valence-electron chi connectivity index (χ0n) is 15.6. The lowest BCUT2D eigenvalue weighted by Gasteiger charge is -2.23. The number of benzene rings is 1. The van der Waals surface area contributed by atoms with Crippen LogP contribution >= 0.6 is 0 Å². The third-order valence-electron chi connectivity index (χ3n) is 5.24. The van der Waals surface area contributed by atoms with E-state index in [0.717, 1.165) is 29.7 Å². The molecule has 26 heavy (non-hydrogen) atoms. The fourth-order valence-electron chi connectivity index (χ4n) is 3.62. The van der Waals surface area contributed by atoms with Crippen LogP contribution in [0.1, 0.15) is 51.6 Å². The first kappa shape index (κ1) is 18.4. The number of imide groups is 1. The number of nitrogens with one attached hydrogen (secondary N) is 2. The first-order chi connectivity index (χ1) is 12.3. The molecule has 0 spiro atoms. The van der Waals surface area contributed by atoms with Gasteiger partial charge in [-0.15, -0.1) is 0 Å². The Morgan fingerprint density at radius 2 is 1.92 bits per heavy atom. The highest BCUT2D eigenvalue weighted by molar-refractivity contribution is 6.09. The molecule has 3 rings (SSSR count). The fourth-order valence-corrected chi connectivity index (χ4v) is 3.62. The molecule has 0 radical (unpaired) electrons. The molecule has 0 bridgehead atoms. The molecule has 2 fully saturated rings. The van der Waals surface area contributed by atoms with Gasteiger partial charge in [-0.2, -0.15) is 0 Å². The molecule has 2 N–H and O–H groups in total. The van der Waals surface area contributed by atoms with Crippen LogP contribution in [-0.4, -0.2) is 34.8 Å². The molecule has 1 aliphatic heterocycles. The molecule has 140 valence electrons. The largest absolute Gasteiger partial charge is 0.348 e. The van der Waals surface area contributed by atoms with E-state index in [1.54, 1.807) is 6.92 Å². The van der Waals surface area contributed by atoms with Gasteiger partial charge in [0.15, 0.2) is 0 Å². The Bertz CT molecular complexity index is 700. The van der Waals surface area contributed by atoms with Gasteiger partial charge in [0.25, 0.3) is 5.91 Å². The van der Waals surface area contributed by atoms with Crippen molar-refractivity contribution in [3.63, 3.8) is 0 Å². The maximum absolute atomic E-state index is 12.7. The summed E-state index contributed by atoms with van der Waals surface area (Å²) in [6.45, 7) is 5.71. The minimum atomic E-state index is -0.853. The van der Waals surface area contributed by atoms with E-state index in [2.05, 4.69) is 24.5 Å². The molecule has 0 aromatic heterocycles. The van der Waals surface area contributed by atoms with Gasteiger partial charge in [-0.25, -0.2) is 4.79 Å². The molecular formula is C20H27N3O3. The Hall–Kier alpha value is -2.37. The molecule has 1 heterocycles. The van der Waals surface area contributed by atoms with Crippen molar-refractivity contribution in [2.24, 2.45) is 11.8 Å². The Morgan fingerprint density at radius 3 is 2.50 bits per heavy atom. The summed E-state index contributed by atoms with van der Waals surface area (Å²) in [6, 6.07) is 9.15. The highest BCUT2D eigenvalue weighted by Gasteiger charge is 2.56. The second kappa shape index (κ2) is 7.09. The number of urea groups is 1. The quantitative estimate of drug-likeness (QED) is 0.736. The number of carbonyl (C=O) groups is 3. The lowest BCUT2D eigenvalue weighted by molar-refractivity contribution is -0.135. The van der Waals surface area contributed by atoms with Crippen molar-refractivity contribution in [1.82, 2.24) is 15.5 Å². The van der Waals surface area contributed by atoms with Crippen LogP contribution in [0.4, 0.5) is 4.79 Å². The maximum Gasteiger partial charge on any atom is 0.325 e. The number of hydrogen-bond acceptors (Lipinski definition) is 3. The van der Waals surface area contributed by atoms with E-state index in [0.29, 0.717) is 5.92 Å². The van der Waals surface area contributed by atoms with Gasteiger partial charge in [0, 0.05) is 0 Å². The number of rotatable bonds is 7. The number of nitrogens with zero attached hydrogens (tertiary/aromatic N) is 1. The predicted molar refractivity (Wildman–Crippen MR) is 98.2 cm³/mol. The van der Waals surface area contributed by atoms with E-state index in [1.807, 2.05) is 30.3 Å². The molecule has 1 saturated heterocycles. The molecule has 1 aliphatic carbocycles. The molecule has 2 atom stereocenters. The summed E-state index contributed by atoms with van der Waals surface area (Å²) in [5, 5.41) is 5.76. The average molecular weight is 357 g/mol. The molecule has 4 amide bonds. The van der Waals surface area contributed by atoms with Crippen LogP contribution < -0.4 is 10.6 Å². The highest BCUT2D eigenvalue weighted by atomic mass is 16.2. The van der Waals surface area contributed by atoms with E-state index >= 15 is 0 Å². The zero-order valence-corrected chi connectivity index (χ0v) is 15.6. The van der Waals surface area contributed by atoms with Crippen molar-refractivity contribution in [3.8, 4) is 0 Å².